The van der Waals surface area contributed by atoms with E-state index < -0.39 is 0 Å². The summed E-state index contributed by atoms with van der Waals surface area (Å²) in [4.78, 5) is 2.81. The van der Waals surface area contributed by atoms with E-state index in [1.165, 1.54) is 83.7 Å². The Kier molecular flexibility index (Phi) is 8.27. The first-order valence-electron chi connectivity index (χ1n) is 12.7. The fourth-order valence-corrected chi connectivity index (χ4v) is 7.07. The van der Waals surface area contributed by atoms with Gasteiger partial charge < -0.3 is 15.8 Å². The number of ether oxygens (including phenoxy) is 1. The lowest BCUT2D eigenvalue weighted by atomic mass is 9.69. The lowest BCUT2D eigenvalue weighted by molar-refractivity contribution is 0.00192. The highest BCUT2D eigenvalue weighted by Gasteiger charge is 2.42. The molecule has 0 bridgehead atoms. The first kappa shape index (κ1) is 22.0. The van der Waals surface area contributed by atoms with Crippen molar-refractivity contribution >= 4 is 0 Å². The van der Waals surface area contributed by atoms with Crippen LogP contribution in [0, 0.1) is 23.7 Å². The molecule has 29 heavy (non-hydrogen) atoms. The van der Waals surface area contributed by atoms with Crippen molar-refractivity contribution in [3.8, 4) is 0 Å². The van der Waals surface area contributed by atoms with Crippen molar-refractivity contribution < 1.29 is 4.74 Å². The summed E-state index contributed by atoms with van der Waals surface area (Å²) in [5, 5.41) is 7.39. The van der Waals surface area contributed by atoms with Gasteiger partial charge in [-0.3, -0.25) is 10.2 Å². The van der Waals surface area contributed by atoms with Gasteiger partial charge in [-0.25, -0.2) is 0 Å². The van der Waals surface area contributed by atoms with E-state index in [0.717, 1.165) is 55.5 Å². The molecule has 0 radical (unpaired) electrons. The molecule has 3 saturated carbocycles. The Morgan fingerprint density at radius 2 is 1.79 bits per heavy atom. The van der Waals surface area contributed by atoms with Crippen molar-refractivity contribution in [2.75, 3.05) is 40.0 Å². The zero-order valence-corrected chi connectivity index (χ0v) is 18.8. The van der Waals surface area contributed by atoms with Gasteiger partial charge in [-0.2, -0.15) is 0 Å². The molecule has 4 aliphatic rings. The summed E-state index contributed by atoms with van der Waals surface area (Å²) >= 11 is 0. The van der Waals surface area contributed by atoms with Crippen LogP contribution in [0.2, 0.25) is 0 Å². The molecule has 0 amide bonds. The predicted molar refractivity (Wildman–Crippen MR) is 120 cm³/mol. The van der Waals surface area contributed by atoms with E-state index in [9.17, 15) is 0 Å². The molecule has 4 rings (SSSR count). The number of rotatable bonds is 8. The van der Waals surface area contributed by atoms with E-state index in [2.05, 4.69) is 15.5 Å². The molecule has 0 aromatic heterocycles. The minimum Gasteiger partial charge on any atom is -0.381 e. The van der Waals surface area contributed by atoms with Crippen LogP contribution >= 0.6 is 0 Å². The summed E-state index contributed by atoms with van der Waals surface area (Å²) in [7, 11) is 1.92. The standard InChI is InChI=1S/C24H46N4O/c1-29-24-5-3-2-4-21(24)16-28-17-27-22-11-10-20(14-23(22)28)19-8-6-18(7-9-19)15-26-13-12-25/h18-24,26-27H,2-17,25H2,1H3. The minimum absolute atomic E-state index is 0.491. The Labute approximate surface area is 178 Å². The monoisotopic (exact) mass is 406 g/mol. The van der Waals surface area contributed by atoms with Gasteiger partial charge in [0, 0.05) is 45.5 Å². The molecule has 0 aromatic rings. The van der Waals surface area contributed by atoms with Gasteiger partial charge in [0.2, 0.25) is 0 Å². The van der Waals surface area contributed by atoms with Crippen molar-refractivity contribution in [1.82, 2.24) is 15.5 Å². The van der Waals surface area contributed by atoms with E-state index in [0.29, 0.717) is 6.10 Å². The van der Waals surface area contributed by atoms with Gasteiger partial charge in [-0.1, -0.05) is 12.8 Å². The molecule has 4 N–H and O–H groups in total. The summed E-state index contributed by atoms with van der Waals surface area (Å²) < 4.78 is 5.85. The number of hydrogen-bond donors (Lipinski definition) is 3. The summed E-state index contributed by atoms with van der Waals surface area (Å²) in [6.07, 6.45) is 15.9. The average Bonchev–Trinajstić information content (AvgIpc) is 3.17. The normalized spacial score (nSPS) is 41.4. The molecular weight excluding hydrogens is 360 g/mol. The second-order valence-corrected chi connectivity index (χ2v) is 10.5. The number of fused-ring (bicyclic) bond motifs is 1. The number of nitrogens with one attached hydrogen (secondary N) is 2. The third kappa shape index (κ3) is 5.54. The molecule has 4 fully saturated rings. The SMILES string of the molecule is COC1CCCCC1CN1CNC2CCC(C3CCC(CNCCN)CC3)CC21. The largest absolute Gasteiger partial charge is 0.381 e. The molecule has 0 aromatic carbocycles. The van der Waals surface area contributed by atoms with Crippen LogP contribution in [0.15, 0.2) is 0 Å². The second kappa shape index (κ2) is 10.9. The second-order valence-electron chi connectivity index (χ2n) is 10.5. The van der Waals surface area contributed by atoms with Crippen LogP contribution in [0.25, 0.3) is 0 Å². The highest BCUT2D eigenvalue weighted by Crippen LogP contribution is 2.42. The molecule has 168 valence electrons. The lowest BCUT2D eigenvalue weighted by Crippen LogP contribution is -2.46. The Morgan fingerprint density at radius 1 is 1.00 bits per heavy atom. The molecule has 1 aliphatic heterocycles. The van der Waals surface area contributed by atoms with Crippen LogP contribution in [0.5, 0.6) is 0 Å². The van der Waals surface area contributed by atoms with Gasteiger partial charge >= 0.3 is 0 Å². The Morgan fingerprint density at radius 3 is 2.59 bits per heavy atom. The van der Waals surface area contributed by atoms with E-state index in [1.807, 2.05) is 7.11 Å². The topological polar surface area (TPSA) is 62.5 Å². The van der Waals surface area contributed by atoms with E-state index >= 15 is 0 Å². The van der Waals surface area contributed by atoms with Crippen LogP contribution in [-0.4, -0.2) is 63.0 Å². The predicted octanol–water partition coefficient (Wildman–Crippen LogP) is 2.95. The van der Waals surface area contributed by atoms with Gasteiger partial charge in [0.1, 0.15) is 0 Å². The van der Waals surface area contributed by atoms with Crippen molar-refractivity contribution in [3.63, 3.8) is 0 Å². The van der Waals surface area contributed by atoms with Crippen LogP contribution in [0.1, 0.15) is 70.6 Å². The van der Waals surface area contributed by atoms with Crippen molar-refractivity contribution in [1.29, 1.82) is 0 Å². The molecule has 3 aliphatic carbocycles. The Hall–Kier alpha value is -0.200. The van der Waals surface area contributed by atoms with Crippen molar-refractivity contribution in [3.05, 3.63) is 0 Å². The smallest absolute Gasteiger partial charge is 0.0611 e. The summed E-state index contributed by atoms with van der Waals surface area (Å²) in [5.41, 5.74) is 5.61. The average molecular weight is 407 g/mol. The van der Waals surface area contributed by atoms with Crippen LogP contribution in [-0.2, 0) is 4.74 Å². The maximum atomic E-state index is 5.85. The number of nitrogens with two attached hydrogens (primary N) is 1. The summed E-state index contributed by atoms with van der Waals surface area (Å²) in [6, 6.07) is 1.52. The first-order valence-corrected chi connectivity index (χ1v) is 12.7. The van der Waals surface area contributed by atoms with Crippen LogP contribution in [0.3, 0.4) is 0 Å². The fraction of sp³-hybridized carbons (Fsp3) is 1.00. The van der Waals surface area contributed by atoms with Crippen molar-refractivity contribution in [2.24, 2.45) is 29.4 Å². The molecule has 5 heteroatoms. The summed E-state index contributed by atoms with van der Waals surface area (Å²) in [6.45, 7) is 5.27. The molecular formula is C24H46N4O. The number of hydrogen-bond acceptors (Lipinski definition) is 5. The lowest BCUT2D eigenvalue weighted by Gasteiger charge is -2.42. The van der Waals surface area contributed by atoms with Crippen LogP contribution < -0.4 is 16.4 Å². The van der Waals surface area contributed by atoms with Gasteiger partial charge in [-0.15, -0.1) is 0 Å². The first-order chi connectivity index (χ1) is 14.3. The maximum Gasteiger partial charge on any atom is 0.0611 e. The molecule has 1 heterocycles. The zero-order valence-electron chi connectivity index (χ0n) is 18.8. The van der Waals surface area contributed by atoms with E-state index in [-0.39, 0.29) is 0 Å². The Balaban J connectivity index is 1.26. The van der Waals surface area contributed by atoms with Crippen molar-refractivity contribution in [2.45, 2.75) is 88.8 Å². The number of nitrogens with zero attached hydrogens (tertiary/aromatic N) is 1. The highest BCUT2D eigenvalue weighted by atomic mass is 16.5. The third-order valence-corrected chi connectivity index (χ3v) is 8.81. The number of methoxy groups -OCH3 is 1. The van der Waals surface area contributed by atoms with Gasteiger partial charge in [0.05, 0.1) is 6.10 Å². The molecule has 0 spiro atoms. The Bertz CT molecular complexity index is 482. The third-order valence-electron chi connectivity index (χ3n) is 8.81. The van der Waals surface area contributed by atoms with Gasteiger partial charge in [0.25, 0.3) is 0 Å². The minimum atomic E-state index is 0.491. The van der Waals surface area contributed by atoms with Gasteiger partial charge in [0.15, 0.2) is 0 Å². The van der Waals surface area contributed by atoms with E-state index in [1.54, 1.807) is 0 Å². The maximum absolute atomic E-state index is 5.85. The van der Waals surface area contributed by atoms with E-state index in [4.69, 9.17) is 10.5 Å². The molecule has 1 saturated heterocycles. The van der Waals surface area contributed by atoms with Crippen LogP contribution in [0.4, 0.5) is 0 Å². The summed E-state index contributed by atoms with van der Waals surface area (Å²) in [5.74, 6) is 3.56. The quantitative estimate of drug-likeness (QED) is 0.541. The fourth-order valence-electron chi connectivity index (χ4n) is 7.07. The molecule has 5 atom stereocenters. The molecule has 5 nitrogen and oxygen atoms in total. The molecule has 5 unspecified atom stereocenters. The highest BCUT2D eigenvalue weighted by molar-refractivity contribution is 4.98. The zero-order chi connectivity index (χ0) is 20.1. The van der Waals surface area contributed by atoms with Gasteiger partial charge in [-0.05, 0) is 88.0 Å².